The molecule has 1 N–H and O–H groups in total. The van der Waals surface area contributed by atoms with Crippen molar-refractivity contribution in [1.29, 1.82) is 0 Å². The van der Waals surface area contributed by atoms with Gasteiger partial charge in [0.1, 0.15) is 5.82 Å². The molecule has 0 bridgehead atoms. The first-order valence-electron chi connectivity index (χ1n) is 6.06. The zero-order chi connectivity index (χ0) is 12.0. The Balaban J connectivity index is 1.89. The Labute approximate surface area is 100 Å². The van der Waals surface area contributed by atoms with Crippen molar-refractivity contribution in [3.63, 3.8) is 0 Å². The van der Waals surface area contributed by atoms with E-state index in [2.05, 4.69) is 24.0 Å². The fourth-order valence-electron chi connectivity index (χ4n) is 2.72. The van der Waals surface area contributed by atoms with Gasteiger partial charge >= 0.3 is 0 Å². The molecule has 1 heterocycles. The SMILES string of the molecule is CN(C)C[C@@H]1C[C@H]1c1c[nH]c2ccc(F)cc12. The molecule has 1 saturated carbocycles. The van der Waals surface area contributed by atoms with E-state index < -0.39 is 0 Å². The van der Waals surface area contributed by atoms with E-state index in [0.717, 1.165) is 23.4 Å². The number of nitrogens with one attached hydrogen (secondary N) is 1. The number of nitrogens with zero attached hydrogens (tertiary/aromatic N) is 1. The second kappa shape index (κ2) is 3.84. The third-order valence-corrected chi connectivity index (χ3v) is 3.60. The lowest BCUT2D eigenvalue weighted by molar-refractivity contribution is 0.385. The Morgan fingerprint density at radius 2 is 2.24 bits per heavy atom. The van der Waals surface area contributed by atoms with Crippen molar-refractivity contribution in [3.05, 3.63) is 35.8 Å². The zero-order valence-corrected chi connectivity index (χ0v) is 10.2. The van der Waals surface area contributed by atoms with Crippen molar-refractivity contribution in [3.8, 4) is 0 Å². The third kappa shape index (κ3) is 1.95. The maximum atomic E-state index is 13.3. The van der Waals surface area contributed by atoms with Crippen molar-refractivity contribution in [2.45, 2.75) is 12.3 Å². The van der Waals surface area contributed by atoms with Gasteiger partial charge in [-0.2, -0.15) is 0 Å². The van der Waals surface area contributed by atoms with Crippen LogP contribution in [0, 0.1) is 11.7 Å². The van der Waals surface area contributed by atoms with Crippen LogP contribution in [0.1, 0.15) is 17.9 Å². The van der Waals surface area contributed by atoms with E-state index in [9.17, 15) is 4.39 Å². The van der Waals surface area contributed by atoms with E-state index in [4.69, 9.17) is 0 Å². The fourth-order valence-corrected chi connectivity index (χ4v) is 2.72. The van der Waals surface area contributed by atoms with Crippen LogP contribution in [0.2, 0.25) is 0 Å². The van der Waals surface area contributed by atoms with Crippen molar-refractivity contribution in [2.75, 3.05) is 20.6 Å². The van der Waals surface area contributed by atoms with Gasteiger partial charge < -0.3 is 9.88 Å². The minimum atomic E-state index is -0.150. The van der Waals surface area contributed by atoms with Crippen LogP contribution in [-0.4, -0.2) is 30.5 Å². The molecule has 0 saturated heterocycles. The highest BCUT2D eigenvalue weighted by molar-refractivity contribution is 5.84. The van der Waals surface area contributed by atoms with Gasteiger partial charge in [-0.25, -0.2) is 4.39 Å². The van der Waals surface area contributed by atoms with Gasteiger partial charge in [0, 0.05) is 23.6 Å². The summed E-state index contributed by atoms with van der Waals surface area (Å²) in [6.45, 7) is 1.12. The molecule has 1 fully saturated rings. The molecule has 2 aromatic rings. The summed E-state index contributed by atoms with van der Waals surface area (Å²) in [6, 6.07) is 4.97. The lowest BCUT2D eigenvalue weighted by Crippen LogP contribution is -2.15. The van der Waals surface area contributed by atoms with Gasteiger partial charge in [0.2, 0.25) is 0 Å². The lowest BCUT2D eigenvalue weighted by atomic mass is 10.1. The second-order valence-corrected chi connectivity index (χ2v) is 5.30. The van der Waals surface area contributed by atoms with E-state index in [1.165, 1.54) is 18.1 Å². The lowest BCUT2D eigenvalue weighted by Gasteiger charge is -2.08. The van der Waals surface area contributed by atoms with Crippen molar-refractivity contribution >= 4 is 10.9 Å². The molecule has 3 rings (SSSR count). The highest BCUT2D eigenvalue weighted by atomic mass is 19.1. The fraction of sp³-hybridized carbons (Fsp3) is 0.429. The minimum Gasteiger partial charge on any atom is -0.361 e. The van der Waals surface area contributed by atoms with E-state index >= 15 is 0 Å². The summed E-state index contributed by atoms with van der Waals surface area (Å²) in [5.41, 5.74) is 2.32. The van der Waals surface area contributed by atoms with E-state index in [1.807, 2.05) is 12.3 Å². The summed E-state index contributed by atoms with van der Waals surface area (Å²) in [5, 5.41) is 1.05. The van der Waals surface area contributed by atoms with Crippen LogP contribution in [0.3, 0.4) is 0 Å². The Bertz CT molecular complexity index is 544. The summed E-state index contributed by atoms with van der Waals surface area (Å²) in [5.74, 6) is 1.18. The molecule has 2 nitrogen and oxygen atoms in total. The van der Waals surface area contributed by atoms with Gasteiger partial charge in [0.15, 0.2) is 0 Å². The summed E-state index contributed by atoms with van der Waals surface area (Å²) in [7, 11) is 4.20. The first-order valence-corrected chi connectivity index (χ1v) is 6.06. The van der Waals surface area contributed by atoms with Crippen LogP contribution >= 0.6 is 0 Å². The molecule has 17 heavy (non-hydrogen) atoms. The van der Waals surface area contributed by atoms with Crippen LogP contribution in [0.15, 0.2) is 24.4 Å². The summed E-state index contributed by atoms with van der Waals surface area (Å²) < 4.78 is 13.3. The van der Waals surface area contributed by atoms with Crippen LogP contribution in [0.25, 0.3) is 10.9 Å². The van der Waals surface area contributed by atoms with E-state index in [-0.39, 0.29) is 5.82 Å². The standard InChI is InChI=1S/C14H17FN2/c1-17(2)8-9-5-11(9)13-7-16-14-4-3-10(15)6-12(13)14/h3-4,6-7,9,11,16H,5,8H2,1-2H3/t9-,11+/m0/s1. The molecule has 3 heteroatoms. The Morgan fingerprint density at radius 3 is 3.00 bits per heavy atom. The number of benzene rings is 1. The highest BCUT2D eigenvalue weighted by Gasteiger charge is 2.39. The average molecular weight is 232 g/mol. The van der Waals surface area contributed by atoms with E-state index in [1.54, 1.807) is 6.07 Å². The predicted octanol–water partition coefficient (Wildman–Crippen LogP) is 2.97. The molecule has 2 atom stereocenters. The molecule has 0 spiro atoms. The summed E-state index contributed by atoms with van der Waals surface area (Å²) in [4.78, 5) is 5.45. The van der Waals surface area contributed by atoms with Gasteiger partial charge in [-0.1, -0.05) is 0 Å². The molecular formula is C14H17FN2. The van der Waals surface area contributed by atoms with Crippen molar-refractivity contribution in [1.82, 2.24) is 9.88 Å². The molecule has 1 aliphatic rings. The molecule has 1 aliphatic carbocycles. The molecule has 1 aromatic heterocycles. The number of halogens is 1. The van der Waals surface area contributed by atoms with Gasteiger partial charge in [0.25, 0.3) is 0 Å². The molecule has 0 unspecified atom stereocenters. The second-order valence-electron chi connectivity index (χ2n) is 5.30. The molecule has 1 aromatic carbocycles. The van der Waals surface area contributed by atoms with Crippen LogP contribution in [-0.2, 0) is 0 Å². The van der Waals surface area contributed by atoms with Gasteiger partial charge in [-0.15, -0.1) is 0 Å². The van der Waals surface area contributed by atoms with Crippen molar-refractivity contribution < 1.29 is 4.39 Å². The molecule has 0 aliphatic heterocycles. The maximum Gasteiger partial charge on any atom is 0.123 e. The first kappa shape index (κ1) is 10.8. The van der Waals surface area contributed by atoms with Gasteiger partial charge in [-0.05, 0) is 56.1 Å². The topological polar surface area (TPSA) is 19.0 Å². The smallest absolute Gasteiger partial charge is 0.123 e. The Kier molecular flexibility index (Phi) is 2.44. The number of aromatic nitrogens is 1. The number of rotatable bonds is 3. The predicted molar refractivity (Wildman–Crippen MR) is 67.7 cm³/mol. The molecule has 0 radical (unpaired) electrons. The molecule has 0 amide bonds. The number of hydrogen-bond acceptors (Lipinski definition) is 1. The Hall–Kier alpha value is -1.35. The number of aromatic amines is 1. The zero-order valence-electron chi connectivity index (χ0n) is 10.2. The van der Waals surface area contributed by atoms with Crippen molar-refractivity contribution in [2.24, 2.45) is 5.92 Å². The Morgan fingerprint density at radius 1 is 1.41 bits per heavy atom. The molecular weight excluding hydrogens is 215 g/mol. The number of fused-ring (bicyclic) bond motifs is 1. The normalized spacial score (nSPS) is 23.5. The largest absolute Gasteiger partial charge is 0.361 e. The molecule has 90 valence electrons. The first-order chi connectivity index (χ1) is 8.15. The van der Waals surface area contributed by atoms with Crippen LogP contribution < -0.4 is 0 Å². The maximum absolute atomic E-state index is 13.3. The summed E-state index contributed by atoms with van der Waals surface area (Å²) >= 11 is 0. The van der Waals surface area contributed by atoms with Gasteiger partial charge in [0.05, 0.1) is 0 Å². The monoisotopic (exact) mass is 232 g/mol. The van der Waals surface area contributed by atoms with Gasteiger partial charge in [-0.3, -0.25) is 0 Å². The quantitative estimate of drug-likeness (QED) is 0.862. The highest BCUT2D eigenvalue weighted by Crippen LogP contribution is 2.49. The number of hydrogen-bond donors (Lipinski definition) is 1. The van der Waals surface area contributed by atoms with Crippen LogP contribution in [0.4, 0.5) is 4.39 Å². The summed E-state index contributed by atoms with van der Waals surface area (Å²) in [6.07, 6.45) is 3.27. The minimum absolute atomic E-state index is 0.150. The van der Waals surface area contributed by atoms with E-state index in [0.29, 0.717) is 5.92 Å². The number of H-pyrrole nitrogens is 1. The third-order valence-electron chi connectivity index (χ3n) is 3.60. The van der Waals surface area contributed by atoms with Crippen LogP contribution in [0.5, 0.6) is 0 Å². The average Bonchev–Trinajstić information content (AvgIpc) is 2.88.